The van der Waals surface area contributed by atoms with E-state index in [1.165, 1.54) is 25.7 Å². The molecule has 1 saturated carbocycles. The van der Waals surface area contributed by atoms with Gasteiger partial charge in [-0.2, -0.15) is 0 Å². The van der Waals surface area contributed by atoms with E-state index in [0.717, 1.165) is 13.1 Å². The molecule has 0 aromatic rings. The smallest absolute Gasteiger partial charge is 0.0223 e. The molecule has 2 heteroatoms. The fourth-order valence-corrected chi connectivity index (χ4v) is 1.98. The van der Waals surface area contributed by atoms with Crippen molar-refractivity contribution in [2.45, 2.75) is 52.0 Å². The molecular formula is C11H24N2. The maximum Gasteiger partial charge on any atom is 0.0223 e. The maximum atomic E-state index is 5.90. The Morgan fingerprint density at radius 3 is 2.31 bits per heavy atom. The van der Waals surface area contributed by atoms with Gasteiger partial charge in [0.05, 0.1) is 0 Å². The minimum Gasteiger partial charge on any atom is -0.324 e. The SMILES string of the molecule is CCC1(CNCC(C)(C)N)CCC1. The molecule has 0 aromatic heterocycles. The van der Waals surface area contributed by atoms with Gasteiger partial charge < -0.3 is 11.1 Å². The van der Waals surface area contributed by atoms with Gasteiger partial charge in [-0.15, -0.1) is 0 Å². The average molecular weight is 184 g/mol. The second-order valence-electron chi connectivity index (χ2n) is 5.30. The topological polar surface area (TPSA) is 38.0 Å². The van der Waals surface area contributed by atoms with Crippen molar-refractivity contribution in [1.29, 1.82) is 0 Å². The molecule has 13 heavy (non-hydrogen) atoms. The van der Waals surface area contributed by atoms with Crippen LogP contribution in [0, 0.1) is 5.41 Å². The second-order valence-corrected chi connectivity index (χ2v) is 5.30. The van der Waals surface area contributed by atoms with E-state index >= 15 is 0 Å². The highest BCUT2D eigenvalue weighted by Crippen LogP contribution is 2.42. The van der Waals surface area contributed by atoms with E-state index < -0.39 is 0 Å². The average Bonchev–Trinajstić information content (AvgIpc) is 1.92. The summed E-state index contributed by atoms with van der Waals surface area (Å²) < 4.78 is 0. The molecule has 0 heterocycles. The first-order valence-electron chi connectivity index (χ1n) is 5.47. The molecule has 0 saturated heterocycles. The van der Waals surface area contributed by atoms with E-state index in [9.17, 15) is 0 Å². The van der Waals surface area contributed by atoms with E-state index in [1.807, 2.05) is 0 Å². The first-order chi connectivity index (χ1) is 5.97. The van der Waals surface area contributed by atoms with Gasteiger partial charge in [-0.1, -0.05) is 13.3 Å². The van der Waals surface area contributed by atoms with Gasteiger partial charge in [-0.3, -0.25) is 0 Å². The highest BCUT2D eigenvalue weighted by atomic mass is 14.9. The van der Waals surface area contributed by atoms with Crippen molar-refractivity contribution in [3.63, 3.8) is 0 Å². The van der Waals surface area contributed by atoms with E-state index in [4.69, 9.17) is 5.73 Å². The number of nitrogens with two attached hydrogens (primary N) is 1. The summed E-state index contributed by atoms with van der Waals surface area (Å²) in [5.41, 5.74) is 6.45. The molecule has 0 unspecified atom stereocenters. The Labute approximate surface area is 82.3 Å². The third-order valence-electron chi connectivity index (χ3n) is 3.24. The summed E-state index contributed by atoms with van der Waals surface area (Å²) in [5.74, 6) is 0. The molecule has 78 valence electrons. The molecule has 1 fully saturated rings. The van der Waals surface area contributed by atoms with Gasteiger partial charge in [-0.25, -0.2) is 0 Å². The quantitative estimate of drug-likeness (QED) is 0.685. The summed E-state index contributed by atoms with van der Waals surface area (Å²) in [5, 5.41) is 3.49. The summed E-state index contributed by atoms with van der Waals surface area (Å²) in [6.45, 7) is 8.52. The molecule has 0 radical (unpaired) electrons. The summed E-state index contributed by atoms with van der Waals surface area (Å²) in [6.07, 6.45) is 5.54. The summed E-state index contributed by atoms with van der Waals surface area (Å²) in [4.78, 5) is 0. The van der Waals surface area contributed by atoms with Crippen LogP contribution >= 0.6 is 0 Å². The predicted molar refractivity (Wildman–Crippen MR) is 57.7 cm³/mol. The van der Waals surface area contributed by atoms with Gasteiger partial charge in [0.25, 0.3) is 0 Å². The van der Waals surface area contributed by atoms with Crippen LogP contribution in [0.25, 0.3) is 0 Å². The second kappa shape index (κ2) is 3.97. The van der Waals surface area contributed by atoms with Crippen molar-refractivity contribution < 1.29 is 0 Å². The fraction of sp³-hybridized carbons (Fsp3) is 1.00. The van der Waals surface area contributed by atoms with Crippen LogP contribution in [0.2, 0.25) is 0 Å². The molecule has 2 nitrogen and oxygen atoms in total. The van der Waals surface area contributed by atoms with Crippen molar-refractivity contribution in [3.05, 3.63) is 0 Å². The molecule has 0 amide bonds. The molecular weight excluding hydrogens is 160 g/mol. The monoisotopic (exact) mass is 184 g/mol. The highest BCUT2D eigenvalue weighted by molar-refractivity contribution is 4.89. The van der Waals surface area contributed by atoms with Gasteiger partial charge in [-0.05, 0) is 38.5 Å². The van der Waals surface area contributed by atoms with E-state index in [-0.39, 0.29) is 5.54 Å². The third-order valence-corrected chi connectivity index (χ3v) is 3.24. The van der Waals surface area contributed by atoms with Crippen molar-refractivity contribution in [1.82, 2.24) is 5.32 Å². The first kappa shape index (κ1) is 11.0. The Bertz CT molecular complexity index is 148. The van der Waals surface area contributed by atoms with E-state index in [0.29, 0.717) is 5.41 Å². The molecule has 0 aliphatic heterocycles. The van der Waals surface area contributed by atoms with Crippen LogP contribution in [0.4, 0.5) is 0 Å². The van der Waals surface area contributed by atoms with Crippen LogP contribution in [-0.4, -0.2) is 18.6 Å². The minimum absolute atomic E-state index is 0.0708. The van der Waals surface area contributed by atoms with E-state index in [1.54, 1.807) is 0 Å². The van der Waals surface area contributed by atoms with Crippen LogP contribution < -0.4 is 11.1 Å². The van der Waals surface area contributed by atoms with Crippen LogP contribution in [0.5, 0.6) is 0 Å². The van der Waals surface area contributed by atoms with Crippen LogP contribution in [0.1, 0.15) is 46.5 Å². The molecule has 0 bridgehead atoms. The fourth-order valence-electron chi connectivity index (χ4n) is 1.98. The lowest BCUT2D eigenvalue weighted by Gasteiger charge is -2.42. The number of hydrogen-bond acceptors (Lipinski definition) is 2. The maximum absolute atomic E-state index is 5.90. The Morgan fingerprint density at radius 2 is 2.00 bits per heavy atom. The number of rotatable bonds is 5. The number of hydrogen-bond donors (Lipinski definition) is 2. The lowest BCUT2D eigenvalue weighted by Crippen LogP contribution is -2.47. The zero-order valence-electron chi connectivity index (χ0n) is 9.32. The standard InChI is InChI=1S/C11H24N2/c1-4-11(6-5-7-11)9-13-8-10(2,3)12/h13H,4-9,12H2,1-3H3. The largest absolute Gasteiger partial charge is 0.324 e. The molecule has 0 atom stereocenters. The van der Waals surface area contributed by atoms with Gasteiger partial charge >= 0.3 is 0 Å². The lowest BCUT2D eigenvalue weighted by molar-refractivity contribution is 0.122. The van der Waals surface area contributed by atoms with Crippen LogP contribution in [0.15, 0.2) is 0 Å². The molecule has 1 rings (SSSR count). The molecule has 3 N–H and O–H groups in total. The molecule has 0 spiro atoms. The van der Waals surface area contributed by atoms with Gasteiger partial charge in [0.2, 0.25) is 0 Å². The molecule has 0 aromatic carbocycles. The Balaban J connectivity index is 2.18. The van der Waals surface area contributed by atoms with Gasteiger partial charge in [0.1, 0.15) is 0 Å². The van der Waals surface area contributed by atoms with Crippen molar-refractivity contribution in [2.24, 2.45) is 11.1 Å². The summed E-state index contributed by atoms with van der Waals surface area (Å²) in [7, 11) is 0. The molecule has 1 aliphatic carbocycles. The lowest BCUT2D eigenvalue weighted by atomic mass is 9.67. The molecule has 1 aliphatic rings. The highest BCUT2D eigenvalue weighted by Gasteiger charge is 2.34. The first-order valence-corrected chi connectivity index (χ1v) is 5.47. The summed E-state index contributed by atoms with van der Waals surface area (Å²) >= 11 is 0. The van der Waals surface area contributed by atoms with Crippen LogP contribution in [0.3, 0.4) is 0 Å². The summed E-state index contributed by atoms with van der Waals surface area (Å²) in [6, 6.07) is 0. The Kier molecular flexibility index (Phi) is 3.36. The van der Waals surface area contributed by atoms with E-state index in [2.05, 4.69) is 26.1 Å². The van der Waals surface area contributed by atoms with Crippen molar-refractivity contribution >= 4 is 0 Å². The van der Waals surface area contributed by atoms with Crippen LogP contribution in [-0.2, 0) is 0 Å². The Morgan fingerprint density at radius 1 is 1.38 bits per heavy atom. The zero-order chi connectivity index (χ0) is 9.95. The van der Waals surface area contributed by atoms with Gasteiger partial charge in [0, 0.05) is 18.6 Å². The van der Waals surface area contributed by atoms with Crippen molar-refractivity contribution in [3.8, 4) is 0 Å². The third kappa shape index (κ3) is 3.28. The number of nitrogens with one attached hydrogen (secondary N) is 1. The Hall–Kier alpha value is -0.0800. The van der Waals surface area contributed by atoms with Crippen molar-refractivity contribution in [2.75, 3.05) is 13.1 Å². The predicted octanol–water partition coefficient (Wildman–Crippen LogP) is 1.89. The minimum atomic E-state index is -0.0708. The normalized spacial score (nSPS) is 21.2. The zero-order valence-corrected chi connectivity index (χ0v) is 9.32. The van der Waals surface area contributed by atoms with Gasteiger partial charge in [0.15, 0.2) is 0 Å².